The van der Waals surface area contributed by atoms with Crippen molar-refractivity contribution in [2.24, 2.45) is 5.10 Å². The Kier molecular flexibility index (Phi) is 4.68. The number of carbonyl (C=O) groups excluding carboxylic acids is 1. The lowest BCUT2D eigenvalue weighted by molar-refractivity contribution is -0.110. The van der Waals surface area contributed by atoms with Gasteiger partial charge in [0.05, 0.1) is 11.2 Å². The number of hydrazone groups is 1. The van der Waals surface area contributed by atoms with Crippen LogP contribution in [0.2, 0.25) is 0 Å². The fraction of sp³-hybridized carbons (Fsp3) is 0.0556. The molecule has 0 spiro atoms. The molecule has 0 amide bonds. The van der Waals surface area contributed by atoms with Gasteiger partial charge in [0.1, 0.15) is 0 Å². The number of nitrogens with one attached hydrogen (secondary N) is 1. The van der Waals surface area contributed by atoms with Gasteiger partial charge in [0.15, 0.2) is 10.8 Å². The first-order valence-corrected chi connectivity index (χ1v) is 7.97. The van der Waals surface area contributed by atoms with Crippen LogP contribution in [0.15, 0.2) is 76.9 Å². The number of fused-ring (bicyclic) bond motifs is 1. The van der Waals surface area contributed by atoms with Gasteiger partial charge in [0.25, 0.3) is 0 Å². The number of pyridine rings is 1. The van der Waals surface area contributed by atoms with Gasteiger partial charge in [-0.2, -0.15) is 5.10 Å². The number of thioether (sulfide) groups is 1. The fourth-order valence-electron chi connectivity index (χ4n) is 2.06. The van der Waals surface area contributed by atoms with Crippen molar-refractivity contribution < 1.29 is 4.79 Å². The van der Waals surface area contributed by atoms with Gasteiger partial charge in [-0.3, -0.25) is 15.2 Å². The molecule has 0 unspecified atom stereocenters. The Labute approximate surface area is 138 Å². The molecule has 0 radical (unpaired) electrons. The molecule has 2 aromatic carbocycles. The number of hydrogen-bond donors (Lipinski definition) is 1. The number of benzene rings is 2. The minimum Gasteiger partial charge on any atom is -0.292 e. The number of rotatable bonds is 4. The first-order valence-electron chi connectivity index (χ1n) is 7.15. The summed E-state index contributed by atoms with van der Waals surface area (Å²) in [7, 11) is 0. The highest BCUT2D eigenvalue weighted by molar-refractivity contribution is 8.15. The van der Waals surface area contributed by atoms with Crippen LogP contribution in [0, 0.1) is 0 Å². The number of nitrogens with zero attached hydrogens (tertiary/aromatic N) is 2. The number of anilines is 1. The van der Waals surface area contributed by atoms with Gasteiger partial charge in [-0.1, -0.05) is 48.2 Å². The number of ketones is 1. The molecule has 0 fully saturated rings. The average Bonchev–Trinajstić information content (AvgIpc) is 2.59. The first-order chi connectivity index (χ1) is 11.2. The highest BCUT2D eigenvalue weighted by Gasteiger charge is 2.11. The zero-order valence-electron chi connectivity index (χ0n) is 12.6. The van der Waals surface area contributed by atoms with Crippen molar-refractivity contribution in [3.8, 4) is 0 Å². The SMILES string of the molecule is CC(=O)/C(=N/Nc1ccccc1)Sc1cccc2cccnc12. The van der Waals surface area contributed by atoms with Crippen LogP contribution in [0.1, 0.15) is 6.92 Å². The molecule has 4 nitrogen and oxygen atoms in total. The van der Waals surface area contributed by atoms with E-state index in [9.17, 15) is 4.79 Å². The summed E-state index contributed by atoms with van der Waals surface area (Å²) in [6.45, 7) is 1.51. The van der Waals surface area contributed by atoms with Crippen molar-refractivity contribution in [3.05, 3.63) is 66.9 Å². The Morgan fingerprint density at radius 3 is 2.61 bits per heavy atom. The van der Waals surface area contributed by atoms with Crippen LogP contribution < -0.4 is 5.43 Å². The van der Waals surface area contributed by atoms with Crippen LogP contribution in [0.5, 0.6) is 0 Å². The van der Waals surface area contributed by atoms with Gasteiger partial charge in [0, 0.05) is 23.4 Å². The van der Waals surface area contributed by atoms with E-state index in [1.807, 2.05) is 60.7 Å². The molecule has 0 bridgehead atoms. The summed E-state index contributed by atoms with van der Waals surface area (Å²) < 4.78 is 0. The normalized spacial score (nSPS) is 11.4. The van der Waals surface area contributed by atoms with Crippen molar-refractivity contribution in [3.63, 3.8) is 0 Å². The smallest absolute Gasteiger partial charge is 0.186 e. The van der Waals surface area contributed by atoms with Crippen LogP contribution in [0.25, 0.3) is 10.9 Å². The third-order valence-electron chi connectivity index (χ3n) is 3.16. The molecule has 1 heterocycles. The van der Waals surface area contributed by atoms with E-state index in [0.29, 0.717) is 5.04 Å². The molecule has 5 heteroatoms. The first kappa shape index (κ1) is 15.2. The predicted molar refractivity (Wildman–Crippen MR) is 95.8 cm³/mol. The molecular formula is C18H15N3OS. The second kappa shape index (κ2) is 7.07. The van der Waals surface area contributed by atoms with Crippen LogP contribution >= 0.6 is 11.8 Å². The van der Waals surface area contributed by atoms with Gasteiger partial charge in [-0.15, -0.1) is 0 Å². The Morgan fingerprint density at radius 1 is 1.04 bits per heavy atom. The standard InChI is InChI=1S/C18H15N3OS/c1-13(22)18(21-20-15-9-3-2-4-10-15)23-16-11-5-7-14-8-6-12-19-17(14)16/h2-12,20H,1H3/b21-18-. The van der Waals surface area contributed by atoms with Crippen LogP contribution in [-0.2, 0) is 4.79 Å². The topological polar surface area (TPSA) is 54.4 Å². The molecule has 23 heavy (non-hydrogen) atoms. The third kappa shape index (κ3) is 3.76. The van der Waals surface area contributed by atoms with Crippen molar-refractivity contribution in [1.29, 1.82) is 0 Å². The van der Waals surface area contributed by atoms with Gasteiger partial charge < -0.3 is 0 Å². The lowest BCUT2D eigenvalue weighted by Crippen LogP contribution is -2.08. The Balaban J connectivity index is 1.88. The fourth-order valence-corrected chi connectivity index (χ4v) is 2.92. The lowest BCUT2D eigenvalue weighted by Gasteiger charge is -2.07. The average molecular weight is 321 g/mol. The molecule has 0 saturated carbocycles. The summed E-state index contributed by atoms with van der Waals surface area (Å²) in [5.74, 6) is -0.0913. The molecule has 0 aliphatic heterocycles. The maximum atomic E-state index is 11.9. The lowest BCUT2D eigenvalue weighted by atomic mass is 10.2. The van der Waals surface area contributed by atoms with Crippen molar-refractivity contribution in [2.75, 3.05) is 5.43 Å². The van der Waals surface area contributed by atoms with E-state index in [-0.39, 0.29) is 5.78 Å². The van der Waals surface area contributed by atoms with Crippen LogP contribution in [0.4, 0.5) is 5.69 Å². The molecule has 0 aliphatic carbocycles. The van der Waals surface area contributed by atoms with E-state index in [0.717, 1.165) is 21.5 Å². The van der Waals surface area contributed by atoms with Gasteiger partial charge in [-0.05, 0) is 24.3 Å². The molecule has 0 atom stereocenters. The monoisotopic (exact) mass is 321 g/mol. The maximum Gasteiger partial charge on any atom is 0.186 e. The van der Waals surface area contributed by atoms with E-state index in [1.165, 1.54) is 18.7 Å². The Morgan fingerprint density at radius 2 is 1.83 bits per heavy atom. The van der Waals surface area contributed by atoms with E-state index >= 15 is 0 Å². The zero-order valence-corrected chi connectivity index (χ0v) is 13.4. The number of para-hydroxylation sites is 2. The van der Waals surface area contributed by atoms with Gasteiger partial charge in [0.2, 0.25) is 0 Å². The summed E-state index contributed by atoms with van der Waals surface area (Å²) >= 11 is 1.32. The summed E-state index contributed by atoms with van der Waals surface area (Å²) in [6.07, 6.45) is 1.75. The summed E-state index contributed by atoms with van der Waals surface area (Å²) in [4.78, 5) is 17.2. The minimum absolute atomic E-state index is 0.0913. The van der Waals surface area contributed by atoms with E-state index in [2.05, 4.69) is 15.5 Å². The number of Topliss-reactive ketones (excluding diaryl/α,β-unsaturated/α-hetero) is 1. The van der Waals surface area contributed by atoms with E-state index in [1.54, 1.807) is 6.20 Å². The molecule has 1 N–H and O–H groups in total. The predicted octanol–water partition coefficient (Wildman–Crippen LogP) is 4.34. The summed E-state index contributed by atoms with van der Waals surface area (Å²) in [6, 6.07) is 19.3. The molecule has 3 rings (SSSR count). The van der Waals surface area contributed by atoms with Crippen molar-refractivity contribution in [2.45, 2.75) is 11.8 Å². The number of hydrogen-bond acceptors (Lipinski definition) is 5. The van der Waals surface area contributed by atoms with Gasteiger partial charge in [-0.25, -0.2) is 0 Å². The molecule has 0 saturated heterocycles. The highest BCUT2D eigenvalue weighted by atomic mass is 32.2. The second-order valence-electron chi connectivity index (χ2n) is 4.88. The Bertz CT molecular complexity index is 857. The number of aromatic nitrogens is 1. The number of carbonyl (C=O) groups is 1. The second-order valence-corrected chi connectivity index (χ2v) is 5.91. The maximum absolute atomic E-state index is 11.9. The molecule has 0 aliphatic rings. The molecule has 1 aromatic heterocycles. The third-order valence-corrected chi connectivity index (χ3v) is 4.29. The molecule has 114 valence electrons. The molecule has 3 aromatic rings. The van der Waals surface area contributed by atoms with Crippen molar-refractivity contribution in [1.82, 2.24) is 4.98 Å². The quantitative estimate of drug-likeness (QED) is 0.336. The van der Waals surface area contributed by atoms with Crippen LogP contribution in [0.3, 0.4) is 0 Å². The van der Waals surface area contributed by atoms with E-state index in [4.69, 9.17) is 0 Å². The van der Waals surface area contributed by atoms with Crippen molar-refractivity contribution >= 4 is 39.2 Å². The van der Waals surface area contributed by atoms with Crippen LogP contribution in [-0.4, -0.2) is 15.8 Å². The van der Waals surface area contributed by atoms with E-state index < -0.39 is 0 Å². The zero-order chi connectivity index (χ0) is 16.1. The Hall–Kier alpha value is -2.66. The summed E-state index contributed by atoms with van der Waals surface area (Å²) in [5.41, 5.74) is 4.63. The largest absolute Gasteiger partial charge is 0.292 e. The minimum atomic E-state index is -0.0913. The van der Waals surface area contributed by atoms with Gasteiger partial charge >= 0.3 is 0 Å². The molecular weight excluding hydrogens is 306 g/mol. The highest BCUT2D eigenvalue weighted by Crippen LogP contribution is 2.27. The summed E-state index contributed by atoms with van der Waals surface area (Å²) in [5, 5.41) is 5.68.